The Bertz CT molecular complexity index is 693. The number of benzene rings is 2. The number of anilines is 1. The van der Waals surface area contributed by atoms with Gasteiger partial charge in [0.15, 0.2) is 0 Å². The van der Waals surface area contributed by atoms with Gasteiger partial charge < -0.3 is 20.1 Å². The number of ether oxygens (including phenoxy) is 2. The normalized spacial score (nSPS) is 10.2. The van der Waals surface area contributed by atoms with Gasteiger partial charge in [0.1, 0.15) is 18.1 Å². The Labute approximate surface area is 157 Å². The standard InChI is InChI=1S/C18H20Cl2N2O3/c1-24-14-3-5-15(6-4-14)25-11-10-22-18(23)8-9-21-13-2-7-16(19)17(20)12-13/h2-7,12,21H,8-11H2,1H3,(H,22,23). The van der Waals surface area contributed by atoms with Crippen molar-refractivity contribution in [2.75, 3.05) is 32.1 Å². The summed E-state index contributed by atoms with van der Waals surface area (Å²) in [5.74, 6) is 1.46. The Morgan fingerprint density at radius 3 is 2.40 bits per heavy atom. The number of halogens is 2. The molecule has 2 rings (SSSR count). The van der Waals surface area contributed by atoms with Crippen molar-refractivity contribution in [3.05, 3.63) is 52.5 Å². The first-order valence-electron chi connectivity index (χ1n) is 7.81. The van der Waals surface area contributed by atoms with Gasteiger partial charge in [0, 0.05) is 18.7 Å². The van der Waals surface area contributed by atoms with Crippen LogP contribution in [-0.4, -0.2) is 32.7 Å². The molecule has 0 unspecified atom stereocenters. The first-order chi connectivity index (χ1) is 12.1. The second-order valence-corrected chi connectivity index (χ2v) is 5.99. The van der Waals surface area contributed by atoms with Crippen LogP contribution in [0.5, 0.6) is 11.5 Å². The largest absolute Gasteiger partial charge is 0.497 e. The van der Waals surface area contributed by atoms with Gasteiger partial charge in [-0.1, -0.05) is 23.2 Å². The fourth-order valence-electron chi connectivity index (χ4n) is 2.05. The van der Waals surface area contributed by atoms with E-state index in [1.165, 1.54) is 0 Å². The van der Waals surface area contributed by atoms with Crippen LogP contribution < -0.4 is 20.1 Å². The fourth-order valence-corrected chi connectivity index (χ4v) is 2.34. The molecular weight excluding hydrogens is 363 g/mol. The number of rotatable bonds is 9. The molecule has 0 atom stereocenters. The Morgan fingerprint density at radius 1 is 1.00 bits per heavy atom. The summed E-state index contributed by atoms with van der Waals surface area (Å²) >= 11 is 11.8. The van der Waals surface area contributed by atoms with Crippen LogP contribution in [0.4, 0.5) is 5.69 Å². The molecule has 0 saturated heterocycles. The van der Waals surface area contributed by atoms with Crippen molar-refractivity contribution < 1.29 is 14.3 Å². The van der Waals surface area contributed by atoms with Gasteiger partial charge in [0.25, 0.3) is 0 Å². The average Bonchev–Trinajstić information content (AvgIpc) is 2.62. The van der Waals surface area contributed by atoms with Crippen molar-refractivity contribution in [3.8, 4) is 11.5 Å². The summed E-state index contributed by atoms with van der Waals surface area (Å²) in [5, 5.41) is 6.91. The number of hydrogen-bond acceptors (Lipinski definition) is 4. The number of carbonyl (C=O) groups is 1. The highest BCUT2D eigenvalue weighted by Crippen LogP contribution is 2.24. The molecule has 134 valence electrons. The first kappa shape index (κ1) is 19.2. The van der Waals surface area contributed by atoms with Crippen molar-refractivity contribution in [1.82, 2.24) is 5.32 Å². The molecule has 0 aliphatic carbocycles. The van der Waals surface area contributed by atoms with Crippen molar-refractivity contribution in [2.24, 2.45) is 0 Å². The predicted molar refractivity (Wildman–Crippen MR) is 101 cm³/mol. The van der Waals surface area contributed by atoms with Gasteiger partial charge >= 0.3 is 0 Å². The molecule has 1 amide bonds. The number of methoxy groups -OCH3 is 1. The maximum Gasteiger partial charge on any atom is 0.221 e. The van der Waals surface area contributed by atoms with Crippen LogP contribution in [0.1, 0.15) is 6.42 Å². The van der Waals surface area contributed by atoms with E-state index in [1.54, 1.807) is 19.2 Å². The minimum Gasteiger partial charge on any atom is -0.497 e. The van der Waals surface area contributed by atoms with Crippen LogP contribution in [0.25, 0.3) is 0 Å². The van der Waals surface area contributed by atoms with Gasteiger partial charge in [0.2, 0.25) is 5.91 Å². The molecule has 0 bridgehead atoms. The lowest BCUT2D eigenvalue weighted by Gasteiger charge is -2.09. The van der Waals surface area contributed by atoms with Gasteiger partial charge in [-0.3, -0.25) is 4.79 Å². The lowest BCUT2D eigenvalue weighted by atomic mass is 10.3. The van der Waals surface area contributed by atoms with Crippen molar-refractivity contribution >= 4 is 34.8 Å². The van der Waals surface area contributed by atoms with Crippen LogP contribution >= 0.6 is 23.2 Å². The summed E-state index contributed by atoms with van der Waals surface area (Å²) in [4.78, 5) is 11.8. The smallest absolute Gasteiger partial charge is 0.221 e. The number of hydrogen-bond donors (Lipinski definition) is 2. The maximum absolute atomic E-state index is 11.8. The highest BCUT2D eigenvalue weighted by atomic mass is 35.5. The SMILES string of the molecule is COc1ccc(OCCNC(=O)CCNc2ccc(Cl)c(Cl)c2)cc1. The van der Waals surface area contributed by atoms with Crippen LogP contribution in [0, 0.1) is 0 Å². The Kier molecular flexibility index (Phi) is 7.70. The quantitative estimate of drug-likeness (QED) is 0.643. The third-order valence-corrected chi connectivity index (χ3v) is 4.09. The van der Waals surface area contributed by atoms with E-state index in [2.05, 4.69) is 10.6 Å². The monoisotopic (exact) mass is 382 g/mol. The molecule has 0 aliphatic rings. The van der Waals surface area contributed by atoms with Crippen molar-refractivity contribution in [3.63, 3.8) is 0 Å². The third kappa shape index (κ3) is 6.72. The van der Waals surface area contributed by atoms with Crippen LogP contribution in [0.15, 0.2) is 42.5 Å². The molecule has 2 aromatic carbocycles. The average molecular weight is 383 g/mol. The molecule has 0 heterocycles. The molecule has 0 aliphatic heterocycles. The zero-order valence-corrected chi connectivity index (χ0v) is 15.4. The molecule has 7 heteroatoms. The molecule has 0 spiro atoms. The molecule has 0 saturated carbocycles. The predicted octanol–water partition coefficient (Wildman–Crippen LogP) is 4.00. The second-order valence-electron chi connectivity index (χ2n) is 5.18. The van der Waals surface area contributed by atoms with Crippen LogP contribution in [-0.2, 0) is 4.79 Å². The highest BCUT2D eigenvalue weighted by molar-refractivity contribution is 6.42. The summed E-state index contributed by atoms with van der Waals surface area (Å²) < 4.78 is 10.6. The summed E-state index contributed by atoms with van der Waals surface area (Å²) in [5.41, 5.74) is 0.824. The maximum atomic E-state index is 11.8. The molecule has 5 nitrogen and oxygen atoms in total. The second kappa shape index (κ2) is 10.0. The van der Waals surface area contributed by atoms with Gasteiger partial charge in [-0.2, -0.15) is 0 Å². The lowest BCUT2D eigenvalue weighted by Crippen LogP contribution is -2.29. The molecule has 0 radical (unpaired) electrons. The summed E-state index contributed by atoms with van der Waals surface area (Å²) in [6.07, 6.45) is 0.350. The van der Waals surface area contributed by atoms with E-state index >= 15 is 0 Å². The summed E-state index contributed by atoms with van der Waals surface area (Å²) in [6.45, 7) is 1.35. The van der Waals surface area contributed by atoms with Gasteiger partial charge in [-0.15, -0.1) is 0 Å². The molecule has 25 heavy (non-hydrogen) atoms. The van der Waals surface area contributed by atoms with Crippen LogP contribution in [0.2, 0.25) is 10.0 Å². The molecule has 0 fully saturated rings. The van der Waals surface area contributed by atoms with E-state index in [-0.39, 0.29) is 5.91 Å². The number of nitrogens with one attached hydrogen (secondary N) is 2. The van der Waals surface area contributed by atoms with E-state index in [0.29, 0.717) is 36.2 Å². The number of carbonyl (C=O) groups excluding carboxylic acids is 1. The fraction of sp³-hybridized carbons (Fsp3) is 0.278. The van der Waals surface area contributed by atoms with Gasteiger partial charge in [0.05, 0.1) is 23.7 Å². The summed E-state index contributed by atoms with van der Waals surface area (Å²) in [7, 11) is 1.61. The third-order valence-electron chi connectivity index (χ3n) is 3.35. The van der Waals surface area contributed by atoms with E-state index in [1.807, 2.05) is 30.3 Å². The highest BCUT2D eigenvalue weighted by Gasteiger charge is 2.03. The molecular formula is C18H20Cl2N2O3. The zero-order valence-electron chi connectivity index (χ0n) is 13.9. The van der Waals surface area contributed by atoms with Gasteiger partial charge in [-0.25, -0.2) is 0 Å². The Hall–Kier alpha value is -2.11. The van der Waals surface area contributed by atoms with Gasteiger partial charge in [-0.05, 0) is 42.5 Å². The lowest BCUT2D eigenvalue weighted by molar-refractivity contribution is -0.120. The molecule has 2 aromatic rings. The first-order valence-corrected chi connectivity index (χ1v) is 8.56. The van der Waals surface area contributed by atoms with E-state index < -0.39 is 0 Å². The van der Waals surface area contributed by atoms with E-state index in [4.69, 9.17) is 32.7 Å². The summed E-state index contributed by atoms with van der Waals surface area (Å²) in [6, 6.07) is 12.5. The van der Waals surface area contributed by atoms with E-state index in [9.17, 15) is 4.79 Å². The van der Waals surface area contributed by atoms with Crippen molar-refractivity contribution in [2.45, 2.75) is 6.42 Å². The Morgan fingerprint density at radius 2 is 1.72 bits per heavy atom. The van der Waals surface area contributed by atoms with Crippen LogP contribution in [0.3, 0.4) is 0 Å². The van der Waals surface area contributed by atoms with Crippen molar-refractivity contribution in [1.29, 1.82) is 0 Å². The molecule has 0 aromatic heterocycles. The van der Waals surface area contributed by atoms with E-state index in [0.717, 1.165) is 17.2 Å². The number of amides is 1. The minimum absolute atomic E-state index is 0.0501. The Balaban J connectivity index is 1.59. The molecule has 2 N–H and O–H groups in total. The minimum atomic E-state index is -0.0501. The topological polar surface area (TPSA) is 59.6 Å². The zero-order chi connectivity index (χ0) is 18.1.